The zero-order valence-electron chi connectivity index (χ0n) is 9.29. The summed E-state index contributed by atoms with van der Waals surface area (Å²) in [6, 6.07) is 7.23. The van der Waals surface area contributed by atoms with Gasteiger partial charge in [-0.2, -0.15) is 5.10 Å². The van der Waals surface area contributed by atoms with Crippen molar-refractivity contribution in [3.05, 3.63) is 24.3 Å². The predicted molar refractivity (Wildman–Crippen MR) is 62.4 cm³/mol. The van der Waals surface area contributed by atoms with E-state index in [1.807, 2.05) is 31.2 Å². The number of carbonyl (C=O) groups excluding carboxylic acids is 1. The van der Waals surface area contributed by atoms with Crippen LogP contribution < -0.4 is 5.43 Å². The average Bonchev–Trinajstić information content (AvgIpc) is 2.76. The van der Waals surface area contributed by atoms with Crippen LogP contribution in [0.2, 0.25) is 0 Å². The van der Waals surface area contributed by atoms with E-state index in [1.54, 1.807) is 4.68 Å². The quantitative estimate of drug-likeness (QED) is 0.788. The Kier molecular flexibility index (Phi) is 2.14. The number of amides is 1. The van der Waals surface area contributed by atoms with Crippen LogP contribution in [0.25, 0.3) is 11.0 Å². The lowest BCUT2D eigenvalue weighted by atomic mass is 10.1. The van der Waals surface area contributed by atoms with Crippen molar-refractivity contribution in [3.8, 4) is 0 Å². The highest BCUT2D eigenvalue weighted by molar-refractivity contribution is 5.94. The molecule has 0 bridgehead atoms. The fraction of sp³-hybridized carbons (Fsp3) is 0.273. The summed E-state index contributed by atoms with van der Waals surface area (Å²) in [6.45, 7) is 1.88. The molecule has 2 aromatic rings. The van der Waals surface area contributed by atoms with E-state index in [0.29, 0.717) is 6.42 Å². The van der Waals surface area contributed by atoms with E-state index in [4.69, 9.17) is 0 Å². The third kappa shape index (κ3) is 1.57. The second kappa shape index (κ2) is 3.65. The van der Waals surface area contributed by atoms with E-state index in [0.717, 1.165) is 16.7 Å². The topological polar surface area (TPSA) is 72.2 Å². The summed E-state index contributed by atoms with van der Waals surface area (Å²) in [5, 5.41) is 12.0. The molecule has 1 aliphatic rings. The molecule has 3 rings (SSSR count). The summed E-state index contributed by atoms with van der Waals surface area (Å²) in [6.07, 6.45) is 0.569. The second-order valence-electron chi connectivity index (χ2n) is 4.07. The van der Waals surface area contributed by atoms with E-state index in [9.17, 15) is 4.79 Å². The van der Waals surface area contributed by atoms with Gasteiger partial charge in [0.2, 0.25) is 0 Å². The minimum Gasteiger partial charge on any atom is -0.271 e. The van der Waals surface area contributed by atoms with Crippen LogP contribution in [-0.4, -0.2) is 26.6 Å². The van der Waals surface area contributed by atoms with E-state index in [2.05, 4.69) is 20.8 Å². The molecular weight excluding hydrogens is 218 g/mol. The van der Waals surface area contributed by atoms with Gasteiger partial charge in [-0.1, -0.05) is 17.3 Å². The number of hydrogen-bond donors (Lipinski definition) is 1. The van der Waals surface area contributed by atoms with Crippen LogP contribution in [0.1, 0.15) is 19.4 Å². The maximum atomic E-state index is 11.8. The van der Waals surface area contributed by atoms with Crippen molar-refractivity contribution >= 4 is 22.7 Å². The first-order valence-electron chi connectivity index (χ1n) is 5.38. The van der Waals surface area contributed by atoms with Crippen molar-refractivity contribution in [1.29, 1.82) is 0 Å². The predicted octanol–water partition coefficient (Wildman–Crippen LogP) is 0.868. The van der Waals surface area contributed by atoms with Gasteiger partial charge in [0.25, 0.3) is 5.91 Å². The van der Waals surface area contributed by atoms with Gasteiger partial charge in [-0.3, -0.25) is 4.79 Å². The van der Waals surface area contributed by atoms with Crippen LogP contribution >= 0.6 is 0 Å². The van der Waals surface area contributed by atoms with Gasteiger partial charge in [-0.15, -0.1) is 5.10 Å². The molecular formula is C11H11N5O. The van der Waals surface area contributed by atoms with Gasteiger partial charge < -0.3 is 0 Å². The summed E-state index contributed by atoms with van der Waals surface area (Å²) in [4.78, 5) is 11.8. The molecule has 2 heterocycles. The van der Waals surface area contributed by atoms with E-state index >= 15 is 0 Å². The highest BCUT2D eigenvalue weighted by Gasteiger charge is 2.27. The molecule has 1 aliphatic heterocycles. The maximum Gasteiger partial charge on any atom is 0.265 e. The van der Waals surface area contributed by atoms with Crippen LogP contribution in [0.5, 0.6) is 0 Å². The molecule has 1 aromatic heterocycles. The lowest BCUT2D eigenvalue weighted by Crippen LogP contribution is -2.36. The molecule has 0 saturated carbocycles. The van der Waals surface area contributed by atoms with Crippen LogP contribution in [0, 0.1) is 0 Å². The molecule has 0 fully saturated rings. The fourth-order valence-corrected chi connectivity index (χ4v) is 1.96. The molecule has 6 heteroatoms. The first-order valence-corrected chi connectivity index (χ1v) is 5.38. The smallest absolute Gasteiger partial charge is 0.265 e. The molecule has 17 heavy (non-hydrogen) atoms. The molecule has 0 aliphatic carbocycles. The zero-order valence-corrected chi connectivity index (χ0v) is 9.29. The van der Waals surface area contributed by atoms with Crippen LogP contribution in [0.3, 0.4) is 0 Å². The Bertz CT molecular complexity index is 615. The summed E-state index contributed by atoms with van der Waals surface area (Å²) in [5.74, 6) is -0.147. The molecule has 6 nitrogen and oxygen atoms in total. The second-order valence-corrected chi connectivity index (χ2v) is 4.07. The number of hydrazone groups is 1. The third-order valence-corrected chi connectivity index (χ3v) is 2.82. The van der Waals surface area contributed by atoms with Crippen molar-refractivity contribution in [2.45, 2.75) is 19.4 Å². The monoisotopic (exact) mass is 229 g/mol. The van der Waals surface area contributed by atoms with Crippen molar-refractivity contribution < 1.29 is 4.79 Å². The number of para-hydroxylation sites is 1. The highest BCUT2D eigenvalue weighted by atomic mass is 16.2. The molecule has 1 aromatic carbocycles. The van der Waals surface area contributed by atoms with Gasteiger partial charge in [0.1, 0.15) is 11.6 Å². The number of carbonyl (C=O) groups is 1. The Balaban J connectivity index is 2.09. The Morgan fingerprint density at radius 2 is 2.24 bits per heavy atom. The molecule has 0 spiro atoms. The molecule has 1 amide bonds. The van der Waals surface area contributed by atoms with Crippen LogP contribution in [0.4, 0.5) is 0 Å². The largest absolute Gasteiger partial charge is 0.271 e. The lowest BCUT2D eigenvalue weighted by molar-refractivity contribution is -0.124. The van der Waals surface area contributed by atoms with Gasteiger partial charge in [0, 0.05) is 12.1 Å². The Morgan fingerprint density at radius 1 is 1.41 bits per heavy atom. The molecule has 1 N–H and O–H groups in total. The van der Waals surface area contributed by atoms with Gasteiger partial charge >= 0.3 is 0 Å². The van der Waals surface area contributed by atoms with Gasteiger partial charge in [-0.05, 0) is 19.1 Å². The lowest BCUT2D eigenvalue weighted by Gasteiger charge is -2.19. The number of rotatable bonds is 1. The average molecular weight is 229 g/mol. The first-order chi connectivity index (χ1) is 8.25. The number of aromatic nitrogens is 3. The SMILES string of the molecule is CC1=NNC(=O)C(n2nnc3ccccc32)C1. The van der Waals surface area contributed by atoms with Crippen molar-refractivity contribution in [3.63, 3.8) is 0 Å². The molecule has 1 unspecified atom stereocenters. The Morgan fingerprint density at radius 3 is 3.12 bits per heavy atom. The van der Waals surface area contributed by atoms with E-state index < -0.39 is 0 Å². The minimum atomic E-state index is -0.361. The fourth-order valence-electron chi connectivity index (χ4n) is 1.96. The maximum absolute atomic E-state index is 11.8. The molecule has 0 radical (unpaired) electrons. The minimum absolute atomic E-state index is 0.147. The van der Waals surface area contributed by atoms with Crippen LogP contribution in [-0.2, 0) is 4.79 Å². The number of fused-ring (bicyclic) bond motifs is 1. The standard InChI is InChI=1S/C11H11N5O/c1-7-6-10(11(17)14-12-7)16-9-5-3-2-4-8(9)13-15-16/h2-5,10H,6H2,1H3,(H,14,17). The number of nitrogens with one attached hydrogen (secondary N) is 1. The van der Waals surface area contributed by atoms with Gasteiger partial charge in [0.05, 0.1) is 5.52 Å². The summed E-state index contributed by atoms with van der Waals surface area (Å²) in [7, 11) is 0. The molecule has 1 atom stereocenters. The Labute approximate surface area is 97.3 Å². The van der Waals surface area contributed by atoms with Gasteiger partial charge in [-0.25, -0.2) is 10.1 Å². The first kappa shape index (κ1) is 9.95. The van der Waals surface area contributed by atoms with Gasteiger partial charge in [0.15, 0.2) is 0 Å². The third-order valence-electron chi connectivity index (χ3n) is 2.82. The molecule has 86 valence electrons. The number of benzene rings is 1. The summed E-state index contributed by atoms with van der Waals surface area (Å²) < 4.78 is 1.66. The number of hydrogen-bond acceptors (Lipinski definition) is 4. The van der Waals surface area contributed by atoms with Crippen molar-refractivity contribution in [2.24, 2.45) is 5.10 Å². The number of nitrogens with zero attached hydrogens (tertiary/aromatic N) is 4. The van der Waals surface area contributed by atoms with Crippen molar-refractivity contribution in [1.82, 2.24) is 20.4 Å². The summed E-state index contributed by atoms with van der Waals surface area (Å²) >= 11 is 0. The van der Waals surface area contributed by atoms with E-state index in [-0.39, 0.29) is 11.9 Å². The summed E-state index contributed by atoms with van der Waals surface area (Å²) in [5.41, 5.74) is 5.03. The zero-order chi connectivity index (χ0) is 11.8. The van der Waals surface area contributed by atoms with Crippen molar-refractivity contribution in [2.75, 3.05) is 0 Å². The van der Waals surface area contributed by atoms with Crippen LogP contribution in [0.15, 0.2) is 29.4 Å². The normalized spacial score (nSPS) is 20.2. The molecule has 0 saturated heterocycles. The Hall–Kier alpha value is -2.24. The highest BCUT2D eigenvalue weighted by Crippen LogP contribution is 2.20. The van der Waals surface area contributed by atoms with E-state index in [1.165, 1.54) is 0 Å².